The van der Waals surface area contributed by atoms with Gasteiger partial charge in [0.05, 0.1) is 37.3 Å². The quantitative estimate of drug-likeness (QED) is 0.668. The number of aromatic nitrogens is 2. The molecule has 0 radical (unpaired) electrons. The Balaban J connectivity index is 1.32. The molecule has 2 fully saturated rings. The first-order chi connectivity index (χ1) is 14.1. The number of carbonyl (C=O) groups is 1. The van der Waals surface area contributed by atoms with Gasteiger partial charge in [0.2, 0.25) is 0 Å². The van der Waals surface area contributed by atoms with Crippen LogP contribution in [0.2, 0.25) is 0 Å². The lowest BCUT2D eigenvalue weighted by Crippen LogP contribution is -2.37. The number of benzene rings is 2. The fourth-order valence-electron chi connectivity index (χ4n) is 4.45. The van der Waals surface area contributed by atoms with Crippen LogP contribution in [0.15, 0.2) is 48.5 Å². The fraction of sp³-hybridized carbons (Fsp3) is 0.364. The summed E-state index contributed by atoms with van der Waals surface area (Å²) in [7, 11) is 3.70. The highest BCUT2D eigenvalue weighted by Crippen LogP contribution is 2.31. The molecule has 5 rings (SSSR count). The van der Waals surface area contributed by atoms with E-state index in [4.69, 9.17) is 14.5 Å². The summed E-state index contributed by atoms with van der Waals surface area (Å²) in [6.45, 7) is 2.72. The first kappa shape index (κ1) is 18.0. The van der Waals surface area contributed by atoms with Gasteiger partial charge in [-0.15, -0.1) is 0 Å². The molecule has 0 aliphatic carbocycles. The van der Waals surface area contributed by atoms with E-state index in [9.17, 15) is 4.79 Å². The van der Waals surface area contributed by atoms with Crippen molar-refractivity contribution < 1.29 is 14.3 Å². The van der Waals surface area contributed by atoms with Crippen LogP contribution in [-0.4, -0.2) is 57.8 Å². The van der Waals surface area contributed by atoms with E-state index in [-0.39, 0.29) is 18.2 Å². The Morgan fingerprint density at radius 3 is 2.72 bits per heavy atom. The molecule has 3 heterocycles. The summed E-state index contributed by atoms with van der Waals surface area (Å²) >= 11 is 0. The maximum Gasteiger partial charge on any atom is 0.410 e. The third-order valence-corrected chi connectivity index (χ3v) is 5.98. The largest absolute Gasteiger partial charge is 0.496 e. The zero-order valence-corrected chi connectivity index (χ0v) is 16.6. The van der Waals surface area contributed by atoms with Crippen LogP contribution in [0.1, 0.15) is 11.4 Å². The predicted octanol–water partition coefficient (Wildman–Crippen LogP) is 2.79. The second-order valence-electron chi connectivity index (χ2n) is 7.70. The zero-order chi connectivity index (χ0) is 20.0. The molecule has 1 amide bonds. The second-order valence-corrected chi connectivity index (χ2v) is 7.70. The van der Waals surface area contributed by atoms with Crippen molar-refractivity contribution in [1.82, 2.24) is 19.4 Å². The minimum absolute atomic E-state index is 0.0436. The minimum Gasteiger partial charge on any atom is -0.496 e. The normalized spacial score (nSPS) is 21.6. The van der Waals surface area contributed by atoms with Gasteiger partial charge in [-0.25, -0.2) is 9.78 Å². The Morgan fingerprint density at radius 2 is 1.90 bits per heavy atom. The van der Waals surface area contributed by atoms with Gasteiger partial charge >= 0.3 is 6.09 Å². The number of hydrogen-bond donors (Lipinski definition) is 0. The molecule has 2 atom stereocenters. The van der Waals surface area contributed by atoms with Crippen molar-refractivity contribution in [3.63, 3.8) is 0 Å². The summed E-state index contributed by atoms with van der Waals surface area (Å²) in [5.74, 6) is 1.81. The van der Waals surface area contributed by atoms with Gasteiger partial charge < -0.3 is 14.0 Å². The number of ether oxygens (including phenoxy) is 2. The molecular weight excluding hydrogens is 368 g/mol. The lowest BCUT2D eigenvalue weighted by molar-refractivity contribution is 0.118. The second kappa shape index (κ2) is 7.08. The molecule has 2 aliphatic heterocycles. The van der Waals surface area contributed by atoms with Crippen molar-refractivity contribution in [1.29, 1.82) is 0 Å². The average Bonchev–Trinajstić information content (AvgIpc) is 3.35. The zero-order valence-electron chi connectivity index (χ0n) is 16.6. The van der Waals surface area contributed by atoms with Crippen molar-refractivity contribution in [2.24, 2.45) is 7.05 Å². The van der Waals surface area contributed by atoms with Gasteiger partial charge in [-0.3, -0.25) is 9.80 Å². The number of fused-ring (bicyclic) bond motifs is 2. The molecule has 2 aromatic carbocycles. The van der Waals surface area contributed by atoms with E-state index < -0.39 is 0 Å². The molecule has 0 bridgehead atoms. The number of likely N-dealkylation sites (tertiary alicyclic amines) is 1. The van der Waals surface area contributed by atoms with E-state index in [0.29, 0.717) is 6.54 Å². The van der Waals surface area contributed by atoms with Gasteiger partial charge in [-0.1, -0.05) is 30.3 Å². The van der Waals surface area contributed by atoms with Crippen molar-refractivity contribution in [2.45, 2.75) is 25.2 Å². The third kappa shape index (κ3) is 3.11. The van der Waals surface area contributed by atoms with Crippen LogP contribution >= 0.6 is 0 Å². The Bertz CT molecular complexity index is 1060. The number of amides is 1. The SMILES string of the molecule is COc1ccccc1CN1C(=O)O[C@@H]2CN(Cc3nc4ccccc4n3C)C[C@@H]21. The number of methoxy groups -OCH3 is 1. The number of carbonyl (C=O) groups excluding carboxylic acids is 1. The van der Waals surface area contributed by atoms with Gasteiger partial charge in [-0.05, 0) is 18.2 Å². The molecule has 1 aromatic heterocycles. The highest BCUT2D eigenvalue weighted by Gasteiger charge is 2.47. The van der Waals surface area contributed by atoms with Crippen LogP contribution in [-0.2, 0) is 24.9 Å². The average molecular weight is 392 g/mol. The first-order valence-electron chi connectivity index (χ1n) is 9.86. The molecule has 2 aliphatic rings. The van der Waals surface area contributed by atoms with Gasteiger partial charge in [0.1, 0.15) is 17.7 Å². The van der Waals surface area contributed by atoms with Gasteiger partial charge in [0.25, 0.3) is 0 Å². The molecule has 150 valence electrons. The highest BCUT2D eigenvalue weighted by atomic mass is 16.6. The molecule has 29 heavy (non-hydrogen) atoms. The third-order valence-electron chi connectivity index (χ3n) is 5.98. The van der Waals surface area contributed by atoms with Gasteiger partial charge in [0, 0.05) is 25.7 Å². The fourth-order valence-corrected chi connectivity index (χ4v) is 4.45. The molecule has 0 spiro atoms. The van der Waals surface area contributed by atoms with Crippen molar-refractivity contribution >= 4 is 17.1 Å². The molecule has 7 heteroatoms. The van der Waals surface area contributed by atoms with E-state index in [0.717, 1.165) is 47.8 Å². The van der Waals surface area contributed by atoms with Crippen LogP contribution in [0, 0.1) is 0 Å². The summed E-state index contributed by atoms with van der Waals surface area (Å²) in [5, 5.41) is 0. The van der Waals surface area contributed by atoms with Crippen LogP contribution < -0.4 is 4.74 Å². The predicted molar refractivity (Wildman–Crippen MR) is 109 cm³/mol. The van der Waals surface area contributed by atoms with E-state index in [1.165, 1.54) is 0 Å². The van der Waals surface area contributed by atoms with Crippen LogP contribution in [0.3, 0.4) is 0 Å². The standard InChI is InChI=1S/C22H24N4O3/c1-24-17-9-5-4-8-16(17)23-21(24)14-25-12-18-20(13-25)29-22(27)26(18)11-15-7-3-6-10-19(15)28-2/h3-10,18,20H,11-14H2,1-2H3/t18-,20+/m0/s1. The summed E-state index contributed by atoms with van der Waals surface area (Å²) in [5.41, 5.74) is 3.13. The van der Waals surface area contributed by atoms with Crippen molar-refractivity contribution in [2.75, 3.05) is 20.2 Å². The number of rotatable bonds is 5. The monoisotopic (exact) mass is 392 g/mol. The Kier molecular flexibility index (Phi) is 4.39. The Hall–Kier alpha value is -3.06. The number of para-hydroxylation sites is 3. The smallest absolute Gasteiger partial charge is 0.410 e. The molecule has 7 nitrogen and oxygen atoms in total. The summed E-state index contributed by atoms with van der Waals surface area (Å²) in [6.07, 6.45) is -0.347. The first-order valence-corrected chi connectivity index (χ1v) is 9.86. The summed E-state index contributed by atoms with van der Waals surface area (Å²) in [4.78, 5) is 21.4. The number of imidazole rings is 1. The molecule has 2 saturated heterocycles. The van der Waals surface area contributed by atoms with Crippen molar-refractivity contribution in [3.05, 3.63) is 59.9 Å². The van der Waals surface area contributed by atoms with Crippen molar-refractivity contribution in [3.8, 4) is 5.75 Å². The van der Waals surface area contributed by atoms with Gasteiger partial charge in [-0.2, -0.15) is 0 Å². The van der Waals surface area contributed by atoms with E-state index in [1.54, 1.807) is 7.11 Å². The highest BCUT2D eigenvalue weighted by molar-refractivity contribution is 5.75. The number of aryl methyl sites for hydroxylation is 1. The molecular formula is C22H24N4O3. The van der Waals surface area contributed by atoms with E-state index in [2.05, 4.69) is 22.6 Å². The minimum atomic E-state index is -0.242. The topological polar surface area (TPSA) is 59.8 Å². The molecule has 0 N–H and O–H groups in total. The molecule has 0 unspecified atom stereocenters. The maximum absolute atomic E-state index is 12.5. The van der Waals surface area contributed by atoms with Crippen LogP contribution in [0.25, 0.3) is 11.0 Å². The van der Waals surface area contributed by atoms with E-state index in [1.807, 2.05) is 47.4 Å². The van der Waals surface area contributed by atoms with Crippen LogP contribution in [0.5, 0.6) is 5.75 Å². The van der Waals surface area contributed by atoms with Crippen LogP contribution in [0.4, 0.5) is 4.79 Å². The maximum atomic E-state index is 12.5. The number of hydrogen-bond acceptors (Lipinski definition) is 5. The molecule has 3 aromatic rings. The lowest BCUT2D eigenvalue weighted by atomic mass is 10.1. The summed E-state index contributed by atoms with van der Waals surface area (Å²) in [6, 6.07) is 16.0. The van der Waals surface area contributed by atoms with Gasteiger partial charge in [0.15, 0.2) is 0 Å². The number of nitrogens with zero attached hydrogens (tertiary/aromatic N) is 4. The Labute approximate surface area is 169 Å². The van der Waals surface area contributed by atoms with E-state index >= 15 is 0 Å². The molecule has 0 saturated carbocycles. The Morgan fingerprint density at radius 1 is 1.10 bits per heavy atom. The lowest BCUT2D eigenvalue weighted by Gasteiger charge is -2.23. The summed E-state index contributed by atoms with van der Waals surface area (Å²) < 4.78 is 13.3.